The van der Waals surface area contributed by atoms with Crippen molar-refractivity contribution >= 4 is 11.6 Å². The molecule has 0 bridgehead atoms. The second-order valence-electron chi connectivity index (χ2n) is 6.73. The standard InChI is InChI=1S/C19H19N5O5/c1-13(22-8-10-23(11-9-22)19(25)16-3-2-12-28-16)17-20-21-18(29-17)14-4-6-15(7-5-14)24(26)27/h2-7,12-13H,8-11H2,1H3. The van der Waals surface area contributed by atoms with Crippen LogP contribution in [0.15, 0.2) is 51.5 Å². The van der Waals surface area contributed by atoms with Gasteiger partial charge in [-0.2, -0.15) is 0 Å². The van der Waals surface area contributed by atoms with E-state index in [0.717, 1.165) is 0 Å². The number of carbonyl (C=O) groups excluding carboxylic acids is 1. The summed E-state index contributed by atoms with van der Waals surface area (Å²) in [5.41, 5.74) is 0.624. The minimum atomic E-state index is -0.457. The van der Waals surface area contributed by atoms with Crippen molar-refractivity contribution in [2.45, 2.75) is 13.0 Å². The van der Waals surface area contributed by atoms with Gasteiger partial charge in [-0.15, -0.1) is 10.2 Å². The predicted molar refractivity (Wildman–Crippen MR) is 101 cm³/mol. The summed E-state index contributed by atoms with van der Waals surface area (Å²) in [7, 11) is 0. The first kappa shape index (κ1) is 18.8. The number of piperazine rings is 1. The highest BCUT2D eigenvalue weighted by Gasteiger charge is 2.28. The minimum Gasteiger partial charge on any atom is -0.459 e. The Hall–Kier alpha value is -3.53. The van der Waals surface area contributed by atoms with Crippen LogP contribution >= 0.6 is 0 Å². The number of non-ortho nitro benzene ring substituents is 1. The molecule has 3 heterocycles. The Bertz CT molecular complexity index is 990. The molecule has 1 fully saturated rings. The Kier molecular flexibility index (Phi) is 5.09. The number of hydrogen-bond acceptors (Lipinski definition) is 8. The molecule has 0 N–H and O–H groups in total. The molecule has 150 valence electrons. The normalized spacial score (nSPS) is 16.0. The molecule has 1 aliphatic heterocycles. The first-order valence-corrected chi connectivity index (χ1v) is 9.18. The van der Waals surface area contributed by atoms with Gasteiger partial charge in [0.2, 0.25) is 11.8 Å². The maximum atomic E-state index is 12.4. The Morgan fingerprint density at radius 3 is 2.48 bits per heavy atom. The van der Waals surface area contributed by atoms with E-state index >= 15 is 0 Å². The van der Waals surface area contributed by atoms with Crippen LogP contribution < -0.4 is 0 Å². The number of rotatable bonds is 5. The molecule has 10 heteroatoms. The van der Waals surface area contributed by atoms with Crippen LogP contribution in [0.4, 0.5) is 5.69 Å². The summed E-state index contributed by atoms with van der Waals surface area (Å²) < 4.78 is 11.0. The number of amides is 1. The summed E-state index contributed by atoms with van der Waals surface area (Å²) in [6.07, 6.45) is 1.49. The lowest BCUT2D eigenvalue weighted by atomic mass is 10.2. The number of nitro groups is 1. The molecule has 1 amide bonds. The third-order valence-corrected chi connectivity index (χ3v) is 5.00. The van der Waals surface area contributed by atoms with Gasteiger partial charge < -0.3 is 13.7 Å². The SMILES string of the molecule is CC(c1nnc(-c2ccc([N+](=O)[O-])cc2)o1)N1CCN(C(=O)c2ccco2)CC1. The van der Waals surface area contributed by atoms with Gasteiger partial charge in [-0.25, -0.2) is 0 Å². The maximum absolute atomic E-state index is 12.4. The molecule has 3 aromatic rings. The summed E-state index contributed by atoms with van der Waals surface area (Å²) in [4.78, 5) is 26.6. The zero-order chi connectivity index (χ0) is 20.4. The Balaban J connectivity index is 1.39. The third kappa shape index (κ3) is 3.87. The van der Waals surface area contributed by atoms with Crippen LogP contribution in [0.1, 0.15) is 29.4 Å². The summed E-state index contributed by atoms with van der Waals surface area (Å²) >= 11 is 0. The number of furan rings is 1. The lowest BCUT2D eigenvalue weighted by Crippen LogP contribution is -2.49. The molecule has 0 aliphatic carbocycles. The lowest BCUT2D eigenvalue weighted by Gasteiger charge is -2.36. The number of hydrogen-bond donors (Lipinski definition) is 0. The number of aromatic nitrogens is 2. The Labute approximate surface area is 165 Å². The van der Waals surface area contributed by atoms with E-state index in [2.05, 4.69) is 15.1 Å². The van der Waals surface area contributed by atoms with Gasteiger partial charge >= 0.3 is 0 Å². The molecular formula is C19H19N5O5. The molecule has 1 saturated heterocycles. The number of nitrogens with zero attached hydrogens (tertiary/aromatic N) is 5. The first-order valence-electron chi connectivity index (χ1n) is 9.18. The van der Waals surface area contributed by atoms with Gasteiger partial charge in [-0.1, -0.05) is 0 Å². The molecule has 1 aromatic carbocycles. The highest BCUT2D eigenvalue weighted by Crippen LogP contribution is 2.26. The molecule has 10 nitrogen and oxygen atoms in total. The Morgan fingerprint density at radius 1 is 1.14 bits per heavy atom. The van der Waals surface area contributed by atoms with Gasteiger partial charge in [-0.05, 0) is 31.2 Å². The zero-order valence-electron chi connectivity index (χ0n) is 15.7. The fraction of sp³-hybridized carbons (Fsp3) is 0.316. The van der Waals surface area contributed by atoms with Crippen molar-refractivity contribution in [2.75, 3.05) is 26.2 Å². The smallest absolute Gasteiger partial charge is 0.289 e. The van der Waals surface area contributed by atoms with Crippen molar-refractivity contribution < 1.29 is 18.6 Å². The van der Waals surface area contributed by atoms with E-state index in [0.29, 0.717) is 49.3 Å². The van der Waals surface area contributed by atoms with Crippen molar-refractivity contribution in [3.05, 3.63) is 64.4 Å². The van der Waals surface area contributed by atoms with E-state index in [1.54, 1.807) is 29.2 Å². The van der Waals surface area contributed by atoms with Crippen LogP contribution in [0.25, 0.3) is 11.5 Å². The van der Waals surface area contributed by atoms with Crippen LogP contribution in [0.5, 0.6) is 0 Å². The number of nitro benzene ring substituents is 1. The van der Waals surface area contributed by atoms with Crippen LogP contribution in [0.3, 0.4) is 0 Å². The summed E-state index contributed by atoms with van der Waals surface area (Å²) in [6.45, 7) is 4.46. The summed E-state index contributed by atoms with van der Waals surface area (Å²) in [5.74, 6) is 1.01. The van der Waals surface area contributed by atoms with E-state index in [1.807, 2.05) is 6.92 Å². The van der Waals surface area contributed by atoms with Crippen molar-refractivity contribution in [1.29, 1.82) is 0 Å². The van der Waals surface area contributed by atoms with E-state index in [-0.39, 0.29) is 17.6 Å². The topological polar surface area (TPSA) is 119 Å². The molecule has 29 heavy (non-hydrogen) atoms. The third-order valence-electron chi connectivity index (χ3n) is 5.00. The second kappa shape index (κ2) is 7.84. The second-order valence-corrected chi connectivity index (χ2v) is 6.73. The summed E-state index contributed by atoms with van der Waals surface area (Å²) in [5, 5.41) is 19.0. The average molecular weight is 397 g/mol. The molecule has 4 rings (SSSR count). The van der Waals surface area contributed by atoms with E-state index < -0.39 is 4.92 Å². The highest BCUT2D eigenvalue weighted by atomic mass is 16.6. The molecule has 1 aliphatic rings. The zero-order valence-corrected chi connectivity index (χ0v) is 15.7. The molecule has 1 unspecified atom stereocenters. The highest BCUT2D eigenvalue weighted by molar-refractivity contribution is 5.91. The van der Waals surface area contributed by atoms with Gasteiger partial charge in [0.1, 0.15) is 0 Å². The fourth-order valence-electron chi connectivity index (χ4n) is 3.27. The van der Waals surface area contributed by atoms with Crippen LogP contribution in [-0.2, 0) is 0 Å². The molecule has 0 spiro atoms. The largest absolute Gasteiger partial charge is 0.459 e. The molecule has 0 saturated carbocycles. The van der Waals surface area contributed by atoms with E-state index in [4.69, 9.17) is 8.83 Å². The Morgan fingerprint density at radius 2 is 1.86 bits per heavy atom. The average Bonchev–Trinajstić information content (AvgIpc) is 3.45. The van der Waals surface area contributed by atoms with Gasteiger partial charge in [-0.3, -0.25) is 19.8 Å². The summed E-state index contributed by atoms with van der Waals surface area (Å²) in [6, 6.07) is 9.21. The maximum Gasteiger partial charge on any atom is 0.289 e. The van der Waals surface area contributed by atoms with Crippen molar-refractivity contribution in [3.8, 4) is 11.5 Å². The predicted octanol–water partition coefficient (Wildman–Crippen LogP) is 2.76. The van der Waals surface area contributed by atoms with Gasteiger partial charge in [0, 0.05) is 43.9 Å². The molecular weight excluding hydrogens is 378 g/mol. The minimum absolute atomic E-state index is 0.00354. The monoisotopic (exact) mass is 397 g/mol. The van der Waals surface area contributed by atoms with Crippen molar-refractivity contribution in [3.63, 3.8) is 0 Å². The van der Waals surface area contributed by atoms with Gasteiger partial charge in [0.25, 0.3) is 11.6 Å². The lowest BCUT2D eigenvalue weighted by molar-refractivity contribution is -0.384. The van der Waals surface area contributed by atoms with Crippen molar-refractivity contribution in [1.82, 2.24) is 20.0 Å². The van der Waals surface area contributed by atoms with E-state index in [9.17, 15) is 14.9 Å². The van der Waals surface area contributed by atoms with E-state index in [1.165, 1.54) is 18.4 Å². The fourth-order valence-corrected chi connectivity index (χ4v) is 3.27. The van der Waals surface area contributed by atoms with Crippen LogP contribution in [0.2, 0.25) is 0 Å². The van der Waals surface area contributed by atoms with Gasteiger partial charge in [0.05, 0.1) is 17.2 Å². The molecule has 0 radical (unpaired) electrons. The first-order chi connectivity index (χ1) is 14.0. The van der Waals surface area contributed by atoms with Crippen molar-refractivity contribution in [2.24, 2.45) is 0 Å². The quantitative estimate of drug-likeness (QED) is 0.476. The molecule has 2 aromatic heterocycles. The number of benzene rings is 1. The van der Waals surface area contributed by atoms with Gasteiger partial charge in [0.15, 0.2) is 5.76 Å². The van der Waals surface area contributed by atoms with Crippen LogP contribution in [0, 0.1) is 10.1 Å². The number of carbonyl (C=O) groups is 1. The van der Waals surface area contributed by atoms with Crippen LogP contribution in [-0.4, -0.2) is 57.0 Å². The molecule has 1 atom stereocenters.